The number of ether oxygens (including phenoxy) is 1. The fourth-order valence-electron chi connectivity index (χ4n) is 1.45. The molecular formula is C13H19NO5. The molecule has 0 aliphatic heterocycles. The van der Waals surface area contributed by atoms with Gasteiger partial charge in [-0.05, 0) is 26.8 Å². The van der Waals surface area contributed by atoms with E-state index in [2.05, 4.69) is 5.32 Å². The summed E-state index contributed by atoms with van der Waals surface area (Å²) in [5, 5.41) is 11.6. The number of methoxy groups -OCH3 is 1. The lowest BCUT2D eigenvalue weighted by atomic mass is 9.94. The summed E-state index contributed by atoms with van der Waals surface area (Å²) in [6, 6.07) is 1.60. The molecule has 1 aromatic rings. The number of carboxylic acid groups (broad SMARTS) is 1. The minimum atomic E-state index is -1.01. The van der Waals surface area contributed by atoms with Gasteiger partial charge in [-0.2, -0.15) is 0 Å². The van der Waals surface area contributed by atoms with E-state index < -0.39 is 11.4 Å². The van der Waals surface area contributed by atoms with Crippen LogP contribution in [0.4, 0.5) is 0 Å². The monoisotopic (exact) mass is 269 g/mol. The molecule has 2 N–H and O–H groups in total. The number of hydrogen-bond acceptors (Lipinski definition) is 4. The van der Waals surface area contributed by atoms with E-state index in [1.807, 2.05) is 0 Å². The largest absolute Gasteiger partial charge is 0.481 e. The summed E-state index contributed by atoms with van der Waals surface area (Å²) >= 11 is 0. The maximum absolute atomic E-state index is 11.9. The van der Waals surface area contributed by atoms with E-state index in [4.69, 9.17) is 14.3 Å². The first-order valence-electron chi connectivity index (χ1n) is 5.88. The van der Waals surface area contributed by atoms with Crippen molar-refractivity contribution in [2.75, 3.05) is 13.7 Å². The van der Waals surface area contributed by atoms with Gasteiger partial charge < -0.3 is 19.6 Å². The Hall–Kier alpha value is -1.82. The highest BCUT2D eigenvalue weighted by Crippen LogP contribution is 2.17. The van der Waals surface area contributed by atoms with Gasteiger partial charge in [-0.25, -0.2) is 0 Å². The molecule has 0 bridgehead atoms. The molecule has 106 valence electrons. The van der Waals surface area contributed by atoms with Crippen LogP contribution in [0.2, 0.25) is 0 Å². The maximum atomic E-state index is 11.9. The highest BCUT2D eigenvalue weighted by atomic mass is 16.5. The predicted octanol–water partition coefficient (Wildman–Crippen LogP) is 1.58. The Kier molecular flexibility index (Phi) is 4.72. The van der Waals surface area contributed by atoms with E-state index >= 15 is 0 Å². The number of nitrogens with one attached hydrogen (secondary N) is 1. The van der Waals surface area contributed by atoms with Crippen molar-refractivity contribution < 1.29 is 23.8 Å². The van der Waals surface area contributed by atoms with Crippen molar-refractivity contribution in [2.45, 2.75) is 27.4 Å². The quantitative estimate of drug-likeness (QED) is 0.818. The fraction of sp³-hybridized carbons (Fsp3) is 0.538. The molecule has 0 aliphatic rings. The van der Waals surface area contributed by atoms with Gasteiger partial charge in [0, 0.05) is 13.7 Å². The van der Waals surface area contributed by atoms with Crippen molar-refractivity contribution in [3.05, 3.63) is 23.2 Å². The highest BCUT2D eigenvalue weighted by Gasteiger charge is 2.28. The van der Waals surface area contributed by atoms with Crippen LogP contribution in [0.5, 0.6) is 0 Å². The maximum Gasteiger partial charge on any atom is 0.310 e. The molecule has 0 radical (unpaired) electrons. The Labute approximate surface area is 111 Å². The number of furan rings is 1. The van der Waals surface area contributed by atoms with Crippen LogP contribution < -0.4 is 5.32 Å². The molecule has 1 aromatic heterocycles. The third kappa shape index (κ3) is 3.82. The second kappa shape index (κ2) is 5.88. The zero-order chi connectivity index (χ0) is 14.6. The Bertz CT molecular complexity index is 475. The van der Waals surface area contributed by atoms with Crippen molar-refractivity contribution in [1.29, 1.82) is 0 Å². The van der Waals surface area contributed by atoms with Crippen molar-refractivity contribution >= 4 is 11.9 Å². The predicted molar refractivity (Wildman–Crippen MR) is 67.9 cm³/mol. The van der Waals surface area contributed by atoms with E-state index in [-0.39, 0.29) is 19.1 Å². The molecule has 1 amide bonds. The number of rotatable bonds is 6. The smallest absolute Gasteiger partial charge is 0.310 e. The van der Waals surface area contributed by atoms with Crippen LogP contribution >= 0.6 is 0 Å². The lowest BCUT2D eigenvalue weighted by molar-refractivity contribution is -0.146. The van der Waals surface area contributed by atoms with Gasteiger partial charge in [0.15, 0.2) is 0 Å². The van der Waals surface area contributed by atoms with Crippen LogP contribution in [0.1, 0.15) is 35.7 Å². The zero-order valence-corrected chi connectivity index (χ0v) is 11.6. The summed E-state index contributed by atoms with van der Waals surface area (Å²) in [5.74, 6) is -0.268. The number of carbonyl (C=O) groups excluding carboxylic acids is 1. The summed E-state index contributed by atoms with van der Waals surface area (Å²) in [6.07, 6.45) is 0. The van der Waals surface area contributed by atoms with E-state index in [0.717, 1.165) is 0 Å². The lowest BCUT2D eigenvalue weighted by Gasteiger charge is -2.19. The second-order valence-corrected chi connectivity index (χ2v) is 4.99. The third-order valence-corrected chi connectivity index (χ3v) is 2.77. The zero-order valence-electron chi connectivity index (χ0n) is 11.6. The summed E-state index contributed by atoms with van der Waals surface area (Å²) in [4.78, 5) is 22.9. The van der Waals surface area contributed by atoms with Gasteiger partial charge in [-0.15, -0.1) is 0 Å². The van der Waals surface area contributed by atoms with Crippen molar-refractivity contribution in [3.63, 3.8) is 0 Å². The number of carbonyl (C=O) groups is 2. The van der Waals surface area contributed by atoms with Gasteiger partial charge in [0.2, 0.25) is 0 Å². The molecule has 0 atom stereocenters. The Morgan fingerprint density at radius 1 is 1.47 bits per heavy atom. The molecule has 0 aromatic carbocycles. The molecule has 0 aliphatic carbocycles. The van der Waals surface area contributed by atoms with E-state index in [0.29, 0.717) is 17.1 Å². The molecule has 19 heavy (non-hydrogen) atoms. The number of hydrogen-bond donors (Lipinski definition) is 2. The molecule has 0 saturated heterocycles. The molecule has 6 heteroatoms. The van der Waals surface area contributed by atoms with Crippen LogP contribution in [-0.4, -0.2) is 30.6 Å². The number of carboxylic acids is 1. The van der Waals surface area contributed by atoms with Crippen molar-refractivity contribution in [1.82, 2.24) is 5.32 Å². The number of aryl methyl sites for hydroxylation is 1. The SMILES string of the molecule is COCc1cc(C(=O)NCC(C)(C)C(=O)O)c(C)o1. The van der Waals surface area contributed by atoms with Gasteiger partial charge in [0.1, 0.15) is 18.1 Å². The minimum absolute atomic E-state index is 0.0470. The molecule has 0 unspecified atom stereocenters. The third-order valence-electron chi connectivity index (χ3n) is 2.77. The normalized spacial score (nSPS) is 11.4. The van der Waals surface area contributed by atoms with Gasteiger partial charge in [0.05, 0.1) is 11.0 Å². The molecule has 0 saturated carbocycles. The van der Waals surface area contributed by atoms with E-state index in [9.17, 15) is 9.59 Å². The Balaban J connectivity index is 2.71. The molecule has 1 rings (SSSR count). The van der Waals surface area contributed by atoms with Crippen LogP contribution in [0.25, 0.3) is 0 Å². The van der Waals surface area contributed by atoms with Gasteiger partial charge >= 0.3 is 5.97 Å². The van der Waals surface area contributed by atoms with E-state index in [1.165, 1.54) is 7.11 Å². The van der Waals surface area contributed by atoms with Gasteiger partial charge in [-0.3, -0.25) is 9.59 Å². The number of aliphatic carboxylic acids is 1. The summed E-state index contributed by atoms with van der Waals surface area (Å²) in [6.45, 7) is 5.11. The molecule has 0 fully saturated rings. The van der Waals surface area contributed by atoms with Crippen LogP contribution in [0, 0.1) is 12.3 Å². The standard InChI is InChI=1S/C13H19NO5/c1-8-10(5-9(19-8)6-18-4)11(15)14-7-13(2,3)12(16)17/h5H,6-7H2,1-4H3,(H,14,15)(H,16,17). The molecule has 0 spiro atoms. The van der Waals surface area contributed by atoms with Crippen molar-refractivity contribution in [3.8, 4) is 0 Å². The van der Waals surface area contributed by atoms with Gasteiger partial charge in [-0.1, -0.05) is 0 Å². The van der Waals surface area contributed by atoms with Crippen LogP contribution in [0.3, 0.4) is 0 Å². The average Bonchev–Trinajstić information content (AvgIpc) is 2.68. The first-order chi connectivity index (χ1) is 8.77. The molecule has 1 heterocycles. The first-order valence-corrected chi connectivity index (χ1v) is 5.88. The topological polar surface area (TPSA) is 88.8 Å². The van der Waals surface area contributed by atoms with Crippen LogP contribution in [-0.2, 0) is 16.1 Å². The van der Waals surface area contributed by atoms with E-state index in [1.54, 1.807) is 26.8 Å². The second-order valence-electron chi connectivity index (χ2n) is 4.99. The summed E-state index contributed by atoms with van der Waals surface area (Å²) in [7, 11) is 1.53. The fourth-order valence-corrected chi connectivity index (χ4v) is 1.45. The van der Waals surface area contributed by atoms with Crippen LogP contribution in [0.15, 0.2) is 10.5 Å². The van der Waals surface area contributed by atoms with Gasteiger partial charge in [0.25, 0.3) is 5.91 Å². The summed E-state index contributed by atoms with van der Waals surface area (Å²) < 4.78 is 10.3. The Morgan fingerprint density at radius 3 is 2.63 bits per heavy atom. The Morgan fingerprint density at radius 2 is 2.11 bits per heavy atom. The first kappa shape index (κ1) is 15.2. The average molecular weight is 269 g/mol. The lowest BCUT2D eigenvalue weighted by Crippen LogP contribution is -2.38. The van der Waals surface area contributed by atoms with Crippen molar-refractivity contribution in [2.24, 2.45) is 5.41 Å². The molecular weight excluding hydrogens is 250 g/mol. The number of amides is 1. The highest BCUT2D eigenvalue weighted by molar-refractivity contribution is 5.95. The summed E-state index contributed by atoms with van der Waals surface area (Å²) in [5.41, 5.74) is -0.615. The molecule has 6 nitrogen and oxygen atoms in total. The minimum Gasteiger partial charge on any atom is -0.481 e.